The van der Waals surface area contributed by atoms with Crippen LogP contribution in [0.1, 0.15) is 64.9 Å². The fourth-order valence-electron chi connectivity index (χ4n) is 4.61. The zero-order valence-corrected chi connectivity index (χ0v) is 21.1. The molecule has 0 N–H and O–H groups in total. The van der Waals surface area contributed by atoms with Crippen molar-refractivity contribution in [2.45, 2.75) is 59.5 Å². The molecule has 1 aromatic heterocycles. The van der Waals surface area contributed by atoms with Gasteiger partial charge in [0.05, 0.1) is 0 Å². The van der Waals surface area contributed by atoms with Crippen molar-refractivity contribution in [3.63, 3.8) is 0 Å². The highest BCUT2D eigenvalue weighted by atomic mass is 19.1. The van der Waals surface area contributed by atoms with Crippen LogP contribution in [0.2, 0.25) is 0 Å². The van der Waals surface area contributed by atoms with Gasteiger partial charge in [-0.1, -0.05) is 36.4 Å². The molecule has 0 atom stereocenters. The van der Waals surface area contributed by atoms with Crippen molar-refractivity contribution in [3.8, 4) is 11.5 Å². The first-order valence-corrected chi connectivity index (χ1v) is 12.2. The molecule has 5 heteroatoms. The van der Waals surface area contributed by atoms with E-state index in [0.717, 1.165) is 64.8 Å². The molecule has 0 saturated heterocycles. The highest BCUT2D eigenvalue weighted by molar-refractivity contribution is 5.68. The Labute approximate surface area is 207 Å². The van der Waals surface area contributed by atoms with Gasteiger partial charge in [-0.15, -0.1) is 0 Å². The summed E-state index contributed by atoms with van der Waals surface area (Å²) in [7, 11) is 1.53. The van der Waals surface area contributed by atoms with Crippen LogP contribution in [0.3, 0.4) is 0 Å². The van der Waals surface area contributed by atoms with Crippen LogP contribution in [0.15, 0.2) is 48.5 Å². The zero-order chi connectivity index (χ0) is 24.8. The molecule has 0 spiro atoms. The average molecular weight is 476 g/mol. The minimum Gasteiger partial charge on any atom is -0.489 e. The van der Waals surface area contributed by atoms with Crippen molar-refractivity contribution in [3.05, 3.63) is 93.6 Å². The number of methoxy groups -OCH3 is 1. The van der Waals surface area contributed by atoms with Gasteiger partial charge in [-0.25, -0.2) is 9.37 Å². The number of nitrogens with zero attached hydrogens (tertiary/aromatic N) is 1. The maximum absolute atomic E-state index is 15.2. The summed E-state index contributed by atoms with van der Waals surface area (Å²) in [4.78, 5) is 4.90. The number of aryl methyl sites for hydroxylation is 1. The first kappa shape index (κ1) is 24.9. The number of aromatic nitrogens is 1. The molecule has 35 heavy (non-hydrogen) atoms. The fraction of sp³-hybridized carbons (Fsp3) is 0.367. The fourth-order valence-corrected chi connectivity index (χ4v) is 4.61. The van der Waals surface area contributed by atoms with E-state index in [9.17, 15) is 0 Å². The van der Waals surface area contributed by atoms with Crippen LogP contribution < -0.4 is 9.47 Å². The third-order valence-corrected chi connectivity index (χ3v) is 6.70. The summed E-state index contributed by atoms with van der Waals surface area (Å²) in [6.45, 7) is 6.76. The highest BCUT2D eigenvalue weighted by Crippen LogP contribution is 2.35. The van der Waals surface area contributed by atoms with E-state index >= 15 is 4.39 Å². The summed E-state index contributed by atoms with van der Waals surface area (Å²) in [5, 5.41) is 0. The molecular weight excluding hydrogens is 441 g/mol. The van der Waals surface area contributed by atoms with Crippen molar-refractivity contribution in [2.75, 3.05) is 13.9 Å². The Kier molecular flexibility index (Phi) is 8.19. The first-order chi connectivity index (χ1) is 17.0. The van der Waals surface area contributed by atoms with E-state index in [4.69, 9.17) is 19.2 Å². The SMILES string of the molecule is COCOc1c(F)cc(Cc2c(C)cc(OCc3ccccc3)c(C)c2C)nc1C1=CCCCC1. The topological polar surface area (TPSA) is 40.6 Å². The molecule has 0 bridgehead atoms. The largest absolute Gasteiger partial charge is 0.489 e. The second kappa shape index (κ2) is 11.5. The smallest absolute Gasteiger partial charge is 0.188 e. The van der Waals surface area contributed by atoms with Gasteiger partial charge in [0.2, 0.25) is 0 Å². The Bertz CT molecular complexity index is 1200. The predicted octanol–water partition coefficient (Wildman–Crippen LogP) is 7.26. The van der Waals surface area contributed by atoms with Gasteiger partial charge in [-0.2, -0.15) is 0 Å². The molecule has 0 fully saturated rings. The van der Waals surface area contributed by atoms with Gasteiger partial charge in [0.25, 0.3) is 0 Å². The third-order valence-electron chi connectivity index (χ3n) is 6.70. The van der Waals surface area contributed by atoms with Gasteiger partial charge in [0.1, 0.15) is 18.1 Å². The van der Waals surface area contributed by atoms with Gasteiger partial charge < -0.3 is 14.2 Å². The molecule has 0 radical (unpaired) electrons. The summed E-state index contributed by atoms with van der Waals surface area (Å²) < 4.78 is 32.0. The maximum Gasteiger partial charge on any atom is 0.188 e. The number of hydrogen-bond donors (Lipinski definition) is 0. The lowest BCUT2D eigenvalue weighted by Crippen LogP contribution is -2.09. The van der Waals surface area contributed by atoms with Crippen LogP contribution >= 0.6 is 0 Å². The van der Waals surface area contributed by atoms with E-state index in [2.05, 4.69) is 45.0 Å². The monoisotopic (exact) mass is 475 g/mol. The quantitative estimate of drug-likeness (QED) is 0.306. The Hall–Kier alpha value is -3.18. The van der Waals surface area contributed by atoms with Crippen molar-refractivity contribution >= 4 is 5.57 Å². The van der Waals surface area contributed by atoms with Crippen molar-refractivity contribution < 1.29 is 18.6 Å². The molecular formula is C30H34FNO3. The number of allylic oxidation sites excluding steroid dienone is 2. The van der Waals surface area contributed by atoms with Crippen LogP contribution in [0.5, 0.6) is 11.5 Å². The van der Waals surface area contributed by atoms with E-state index in [1.54, 1.807) is 0 Å². The lowest BCUT2D eigenvalue weighted by atomic mass is 9.93. The van der Waals surface area contributed by atoms with Crippen molar-refractivity contribution in [2.24, 2.45) is 0 Å². The first-order valence-electron chi connectivity index (χ1n) is 12.2. The standard InChI is InChI=1S/C30H34FNO3/c1-20-15-28(34-18-23-11-7-5-8-12-23)22(3)21(2)26(20)16-25-17-27(31)30(35-19-33-4)29(32-25)24-13-9-6-10-14-24/h5,7-8,11-13,15,17H,6,9-10,14,16,18-19H2,1-4H3. The summed E-state index contributed by atoms with van der Waals surface area (Å²) >= 11 is 0. The minimum absolute atomic E-state index is 0.0138. The lowest BCUT2D eigenvalue weighted by Gasteiger charge is -2.20. The van der Waals surface area contributed by atoms with Gasteiger partial charge in [-0.05, 0) is 92.0 Å². The van der Waals surface area contributed by atoms with E-state index < -0.39 is 5.82 Å². The Morgan fingerprint density at radius 1 is 0.971 bits per heavy atom. The molecule has 2 aromatic carbocycles. The molecule has 0 unspecified atom stereocenters. The zero-order valence-electron chi connectivity index (χ0n) is 21.1. The summed E-state index contributed by atoms with van der Waals surface area (Å²) in [6, 6.07) is 13.7. The van der Waals surface area contributed by atoms with E-state index in [0.29, 0.717) is 24.4 Å². The highest BCUT2D eigenvalue weighted by Gasteiger charge is 2.21. The molecule has 1 aliphatic carbocycles. The van der Waals surface area contributed by atoms with E-state index in [-0.39, 0.29) is 12.5 Å². The van der Waals surface area contributed by atoms with Gasteiger partial charge >= 0.3 is 0 Å². The minimum atomic E-state index is -0.400. The van der Waals surface area contributed by atoms with E-state index in [1.807, 2.05) is 18.2 Å². The Morgan fingerprint density at radius 3 is 2.49 bits per heavy atom. The lowest BCUT2D eigenvalue weighted by molar-refractivity contribution is 0.0477. The second-order valence-electron chi connectivity index (χ2n) is 9.17. The second-order valence-corrected chi connectivity index (χ2v) is 9.17. The van der Waals surface area contributed by atoms with Crippen LogP contribution in [-0.4, -0.2) is 18.9 Å². The van der Waals surface area contributed by atoms with Gasteiger partial charge in [-0.3, -0.25) is 0 Å². The van der Waals surface area contributed by atoms with Crippen LogP contribution in [0, 0.1) is 26.6 Å². The van der Waals surface area contributed by atoms with Crippen molar-refractivity contribution in [1.29, 1.82) is 0 Å². The molecule has 1 heterocycles. The number of benzene rings is 2. The number of hydrogen-bond acceptors (Lipinski definition) is 4. The van der Waals surface area contributed by atoms with Crippen molar-refractivity contribution in [1.82, 2.24) is 4.98 Å². The number of halogens is 1. The molecule has 4 rings (SSSR count). The average Bonchev–Trinajstić information content (AvgIpc) is 2.88. The van der Waals surface area contributed by atoms with E-state index in [1.165, 1.54) is 13.2 Å². The summed E-state index contributed by atoms with van der Waals surface area (Å²) in [5.41, 5.74) is 7.98. The molecule has 184 valence electrons. The summed E-state index contributed by atoms with van der Waals surface area (Å²) in [6.07, 6.45) is 6.78. The number of rotatable bonds is 9. The summed E-state index contributed by atoms with van der Waals surface area (Å²) in [5.74, 6) is 0.657. The predicted molar refractivity (Wildman–Crippen MR) is 137 cm³/mol. The molecule has 3 aromatic rings. The molecule has 4 nitrogen and oxygen atoms in total. The number of ether oxygens (including phenoxy) is 3. The molecule has 1 aliphatic rings. The Morgan fingerprint density at radius 2 is 1.77 bits per heavy atom. The van der Waals surface area contributed by atoms with Gasteiger partial charge in [0.15, 0.2) is 18.4 Å². The molecule has 0 saturated carbocycles. The van der Waals surface area contributed by atoms with Crippen LogP contribution in [-0.2, 0) is 17.8 Å². The van der Waals surface area contributed by atoms with Gasteiger partial charge in [0, 0.05) is 19.2 Å². The number of pyridine rings is 1. The molecule has 0 aliphatic heterocycles. The van der Waals surface area contributed by atoms with Crippen LogP contribution in [0.25, 0.3) is 5.57 Å². The Balaban J connectivity index is 1.63. The third kappa shape index (κ3) is 5.91. The normalized spacial score (nSPS) is 13.5. The molecule has 0 amide bonds. The maximum atomic E-state index is 15.2. The van der Waals surface area contributed by atoms with Crippen LogP contribution in [0.4, 0.5) is 4.39 Å².